The highest BCUT2D eigenvalue weighted by molar-refractivity contribution is 5.80. The quantitative estimate of drug-likeness (QED) is 0.757. The second-order valence-electron chi connectivity index (χ2n) is 6.05. The lowest BCUT2D eigenvalue weighted by Gasteiger charge is -2.21. The van der Waals surface area contributed by atoms with Crippen LogP contribution in [-0.2, 0) is 4.74 Å². The molecule has 2 aromatic rings. The van der Waals surface area contributed by atoms with Gasteiger partial charge in [0.2, 0.25) is 0 Å². The van der Waals surface area contributed by atoms with Gasteiger partial charge in [-0.3, -0.25) is 5.32 Å². The number of carbonyl (C=O) groups excluding carboxylic acids is 1. The Labute approximate surface area is 143 Å². The van der Waals surface area contributed by atoms with Crippen LogP contribution in [0.4, 0.5) is 15.5 Å². The first-order valence-electron chi connectivity index (χ1n) is 7.39. The minimum atomic E-state index is -1.31. The lowest BCUT2D eigenvalue weighted by atomic mass is 10.2. The first-order valence-corrected chi connectivity index (χ1v) is 7.39. The molecule has 0 spiro atoms. The van der Waals surface area contributed by atoms with Gasteiger partial charge in [-0.2, -0.15) is 9.67 Å². The molecule has 134 valence electrons. The summed E-state index contributed by atoms with van der Waals surface area (Å²) in [6.45, 7) is 6.88. The zero-order valence-corrected chi connectivity index (χ0v) is 14.2. The average molecular weight is 349 g/mol. The van der Waals surface area contributed by atoms with Gasteiger partial charge in [0.05, 0.1) is 6.04 Å². The van der Waals surface area contributed by atoms with Gasteiger partial charge in [-0.25, -0.2) is 19.6 Å². The number of rotatable bonds is 4. The van der Waals surface area contributed by atoms with E-state index in [0.717, 1.165) is 0 Å². The van der Waals surface area contributed by atoms with Crippen molar-refractivity contribution in [3.63, 3.8) is 0 Å². The summed E-state index contributed by atoms with van der Waals surface area (Å²) in [6.07, 6.45) is 1.05. The molecule has 0 bridgehead atoms. The van der Waals surface area contributed by atoms with Gasteiger partial charge < -0.3 is 15.2 Å². The SMILES string of the molecule is C[C@H](NC(=O)OC(C)(C)C)c1nc(NC(=O)O)nn1-c1ncccn1. The molecule has 0 aliphatic carbocycles. The number of ether oxygens (including phenoxy) is 1. The van der Waals surface area contributed by atoms with E-state index in [2.05, 4.69) is 30.7 Å². The molecule has 2 heterocycles. The number of alkyl carbamates (subject to hydrolysis) is 1. The first kappa shape index (κ1) is 18.1. The van der Waals surface area contributed by atoms with Crippen LogP contribution in [-0.4, -0.2) is 47.6 Å². The second kappa shape index (κ2) is 7.11. The average Bonchev–Trinajstić information content (AvgIpc) is 2.89. The lowest BCUT2D eigenvalue weighted by Crippen LogP contribution is -2.35. The minimum absolute atomic E-state index is 0.159. The fourth-order valence-corrected chi connectivity index (χ4v) is 1.85. The fourth-order valence-electron chi connectivity index (χ4n) is 1.85. The molecule has 0 aliphatic heterocycles. The summed E-state index contributed by atoms with van der Waals surface area (Å²) in [7, 11) is 0. The van der Waals surface area contributed by atoms with E-state index in [1.807, 2.05) is 0 Å². The van der Waals surface area contributed by atoms with Crippen LogP contribution in [0, 0.1) is 0 Å². The van der Waals surface area contributed by atoms with Crippen molar-refractivity contribution in [1.82, 2.24) is 30.0 Å². The van der Waals surface area contributed by atoms with Crippen LogP contribution in [0.1, 0.15) is 39.6 Å². The van der Waals surface area contributed by atoms with Crippen LogP contribution in [0.25, 0.3) is 5.95 Å². The van der Waals surface area contributed by atoms with Gasteiger partial charge in [-0.1, -0.05) is 0 Å². The van der Waals surface area contributed by atoms with E-state index < -0.39 is 23.8 Å². The molecule has 0 aromatic carbocycles. The van der Waals surface area contributed by atoms with Gasteiger partial charge in [-0.05, 0) is 33.8 Å². The molecule has 0 radical (unpaired) electrons. The van der Waals surface area contributed by atoms with E-state index in [1.54, 1.807) is 33.8 Å². The zero-order chi connectivity index (χ0) is 18.6. The monoisotopic (exact) mass is 349 g/mol. The van der Waals surface area contributed by atoms with Gasteiger partial charge in [0.15, 0.2) is 5.82 Å². The predicted octanol–water partition coefficient (Wildman–Crippen LogP) is 1.73. The van der Waals surface area contributed by atoms with Crippen molar-refractivity contribution in [2.45, 2.75) is 39.3 Å². The van der Waals surface area contributed by atoms with Gasteiger partial charge in [0.1, 0.15) is 5.60 Å². The Bertz CT molecular complexity index is 754. The van der Waals surface area contributed by atoms with Crippen molar-refractivity contribution in [2.24, 2.45) is 0 Å². The summed E-state index contributed by atoms with van der Waals surface area (Å²) in [6, 6.07) is 0.981. The molecule has 0 aliphatic rings. The molecule has 3 N–H and O–H groups in total. The third-order valence-electron chi connectivity index (χ3n) is 2.71. The van der Waals surface area contributed by atoms with Crippen molar-refractivity contribution in [3.8, 4) is 5.95 Å². The summed E-state index contributed by atoms with van der Waals surface area (Å²) in [5, 5.41) is 17.5. The summed E-state index contributed by atoms with van der Waals surface area (Å²) in [5.74, 6) is 0.259. The van der Waals surface area contributed by atoms with Crippen molar-refractivity contribution in [3.05, 3.63) is 24.3 Å². The number of amides is 2. The number of hydrogen-bond donors (Lipinski definition) is 3. The van der Waals surface area contributed by atoms with Crippen LogP contribution in [0.2, 0.25) is 0 Å². The van der Waals surface area contributed by atoms with Crippen LogP contribution in [0.3, 0.4) is 0 Å². The Morgan fingerprint density at radius 1 is 1.28 bits per heavy atom. The van der Waals surface area contributed by atoms with E-state index in [-0.39, 0.29) is 17.7 Å². The smallest absolute Gasteiger partial charge is 0.411 e. The molecule has 0 saturated heterocycles. The number of hydrogen-bond acceptors (Lipinski definition) is 7. The zero-order valence-electron chi connectivity index (χ0n) is 14.2. The molecule has 0 unspecified atom stereocenters. The topological polar surface area (TPSA) is 144 Å². The standard InChI is InChI=1S/C14H19N7O4/c1-8(17-13(24)25-14(2,3)4)9-18-10(19-12(22)23)20-21(9)11-15-6-5-7-16-11/h5-8H,1-4H3,(H,17,24)(H,19,20)(H,22,23)/t8-/m0/s1. The number of anilines is 1. The molecule has 0 saturated carbocycles. The molecular weight excluding hydrogens is 330 g/mol. The highest BCUT2D eigenvalue weighted by Crippen LogP contribution is 2.17. The molecule has 2 amide bonds. The molecule has 11 heteroatoms. The minimum Gasteiger partial charge on any atom is -0.465 e. The maximum Gasteiger partial charge on any atom is 0.411 e. The normalized spacial score (nSPS) is 12.3. The number of nitrogens with one attached hydrogen (secondary N) is 2. The van der Waals surface area contributed by atoms with Gasteiger partial charge in [-0.15, -0.1) is 5.10 Å². The van der Waals surface area contributed by atoms with Crippen molar-refractivity contribution < 1.29 is 19.4 Å². The van der Waals surface area contributed by atoms with Crippen molar-refractivity contribution in [1.29, 1.82) is 0 Å². The third kappa shape index (κ3) is 5.12. The van der Waals surface area contributed by atoms with E-state index in [4.69, 9.17) is 9.84 Å². The number of aromatic nitrogens is 5. The summed E-state index contributed by atoms with van der Waals surface area (Å²) in [4.78, 5) is 34.9. The Morgan fingerprint density at radius 3 is 2.48 bits per heavy atom. The van der Waals surface area contributed by atoms with Gasteiger partial charge >= 0.3 is 12.2 Å². The van der Waals surface area contributed by atoms with E-state index in [9.17, 15) is 9.59 Å². The number of nitrogens with zero attached hydrogens (tertiary/aromatic N) is 5. The first-order chi connectivity index (χ1) is 11.7. The Balaban J connectivity index is 2.29. The summed E-state index contributed by atoms with van der Waals surface area (Å²) in [5.41, 5.74) is -0.657. The van der Waals surface area contributed by atoms with E-state index in [1.165, 1.54) is 17.1 Å². The largest absolute Gasteiger partial charge is 0.465 e. The maximum atomic E-state index is 11.9. The highest BCUT2D eigenvalue weighted by Gasteiger charge is 2.24. The summed E-state index contributed by atoms with van der Waals surface area (Å²) >= 11 is 0. The molecule has 25 heavy (non-hydrogen) atoms. The second-order valence-corrected chi connectivity index (χ2v) is 6.05. The molecule has 1 atom stereocenters. The molecule has 2 rings (SSSR count). The van der Waals surface area contributed by atoms with Gasteiger partial charge in [0, 0.05) is 12.4 Å². The fraction of sp³-hybridized carbons (Fsp3) is 0.429. The van der Waals surface area contributed by atoms with Crippen molar-refractivity contribution >= 4 is 18.1 Å². The molecule has 2 aromatic heterocycles. The van der Waals surface area contributed by atoms with Crippen LogP contribution in [0.5, 0.6) is 0 Å². The van der Waals surface area contributed by atoms with Gasteiger partial charge in [0.25, 0.3) is 11.9 Å². The van der Waals surface area contributed by atoms with Crippen LogP contribution < -0.4 is 10.6 Å². The third-order valence-corrected chi connectivity index (χ3v) is 2.71. The van der Waals surface area contributed by atoms with Crippen LogP contribution >= 0.6 is 0 Å². The molecular formula is C14H19N7O4. The van der Waals surface area contributed by atoms with E-state index in [0.29, 0.717) is 0 Å². The molecule has 11 nitrogen and oxygen atoms in total. The van der Waals surface area contributed by atoms with Crippen molar-refractivity contribution in [2.75, 3.05) is 5.32 Å². The predicted molar refractivity (Wildman–Crippen MR) is 86.4 cm³/mol. The Hall–Kier alpha value is -3.24. The Kier molecular flexibility index (Phi) is 5.15. The number of carboxylic acid groups (broad SMARTS) is 1. The van der Waals surface area contributed by atoms with Crippen LogP contribution in [0.15, 0.2) is 18.5 Å². The molecule has 0 fully saturated rings. The maximum absolute atomic E-state index is 11.9. The number of carbonyl (C=O) groups is 2. The summed E-state index contributed by atoms with van der Waals surface area (Å²) < 4.78 is 6.44. The van der Waals surface area contributed by atoms with E-state index >= 15 is 0 Å². The highest BCUT2D eigenvalue weighted by atomic mass is 16.6. The lowest BCUT2D eigenvalue weighted by molar-refractivity contribution is 0.0505. The Morgan fingerprint density at radius 2 is 1.92 bits per heavy atom.